The second-order valence-electron chi connectivity index (χ2n) is 6.05. The number of aliphatic imine (C=N–C) groups is 1. The van der Waals surface area contributed by atoms with Crippen molar-refractivity contribution in [3.8, 4) is 0 Å². The van der Waals surface area contributed by atoms with Gasteiger partial charge in [-0.25, -0.2) is 0 Å². The first-order valence-electron chi connectivity index (χ1n) is 7.96. The second-order valence-corrected chi connectivity index (χ2v) is 6.05. The Labute approximate surface area is 131 Å². The van der Waals surface area contributed by atoms with Crippen LogP contribution in [0.15, 0.2) is 4.99 Å². The van der Waals surface area contributed by atoms with Crippen molar-refractivity contribution in [1.29, 1.82) is 0 Å². The first-order valence-corrected chi connectivity index (χ1v) is 7.96. The van der Waals surface area contributed by atoms with Crippen LogP contribution >= 0.6 is 0 Å². The van der Waals surface area contributed by atoms with E-state index in [1.54, 1.807) is 7.05 Å². The Kier molecular flexibility index (Phi) is 5.76. The predicted molar refractivity (Wildman–Crippen MR) is 83.5 cm³/mol. The summed E-state index contributed by atoms with van der Waals surface area (Å²) in [5.74, 6) is 0.509. The van der Waals surface area contributed by atoms with Crippen LogP contribution in [0.25, 0.3) is 0 Å². The van der Waals surface area contributed by atoms with Crippen LogP contribution in [-0.4, -0.2) is 61.6 Å². The molecule has 2 saturated heterocycles. The van der Waals surface area contributed by atoms with Gasteiger partial charge in [-0.15, -0.1) is 0 Å². The molecule has 124 valence electrons. The highest BCUT2D eigenvalue weighted by atomic mass is 16.5. The van der Waals surface area contributed by atoms with E-state index in [9.17, 15) is 9.59 Å². The Hall–Kier alpha value is -1.63. The number of nitrogens with one attached hydrogen (secondary N) is 2. The summed E-state index contributed by atoms with van der Waals surface area (Å²) in [5, 5.41) is 6.37. The smallest absolute Gasteiger partial charge is 0.229 e. The monoisotopic (exact) mass is 310 g/mol. The van der Waals surface area contributed by atoms with E-state index in [2.05, 4.69) is 22.5 Å². The average molecular weight is 310 g/mol. The summed E-state index contributed by atoms with van der Waals surface area (Å²) >= 11 is 0. The molecule has 2 amide bonds. The van der Waals surface area contributed by atoms with Crippen molar-refractivity contribution in [2.75, 3.05) is 33.3 Å². The van der Waals surface area contributed by atoms with Gasteiger partial charge in [0, 0.05) is 46.1 Å². The predicted octanol–water partition coefficient (Wildman–Crippen LogP) is 0.260. The lowest BCUT2D eigenvalue weighted by Gasteiger charge is -2.26. The molecule has 0 aromatic carbocycles. The van der Waals surface area contributed by atoms with Gasteiger partial charge in [-0.1, -0.05) is 0 Å². The average Bonchev–Trinajstić information content (AvgIpc) is 2.92. The third kappa shape index (κ3) is 4.43. The van der Waals surface area contributed by atoms with Crippen LogP contribution in [0.4, 0.5) is 0 Å². The summed E-state index contributed by atoms with van der Waals surface area (Å²) in [6, 6.07) is 0. The van der Waals surface area contributed by atoms with Gasteiger partial charge in [0.1, 0.15) is 0 Å². The maximum atomic E-state index is 11.7. The fourth-order valence-electron chi connectivity index (χ4n) is 2.80. The van der Waals surface area contributed by atoms with Crippen LogP contribution in [0.2, 0.25) is 0 Å². The number of guanidine groups is 1. The summed E-state index contributed by atoms with van der Waals surface area (Å²) < 4.78 is 5.72. The number of carbonyl (C=O) groups is 2. The number of rotatable bonds is 5. The zero-order chi connectivity index (χ0) is 16.0. The summed E-state index contributed by atoms with van der Waals surface area (Å²) in [7, 11) is 1.70. The molecule has 2 rings (SSSR count). The minimum absolute atomic E-state index is 0.0761. The molecule has 1 unspecified atom stereocenters. The van der Waals surface area contributed by atoms with Gasteiger partial charge in [0.25, 0.3) is 0 Å². The fourth-order valence-corrected chi connectivity index (χ4v) is 2.80. The largest absolute Gasteiger partial charge is 0.373 e. The number of hydrogen-bond donors (Lipinski definition) is 2. The van der Waals surface area contributed by atoms with Gasteiger partial charge in [-0.2, -0.15) is 0 Å². The lowest BCUT2D eigenvalue weighted by molar-refractivity contribution is -0.147. The van der Waals surface area contributed by atoms with Gasteiger partial charge >= 0.3 is 0 Å². The van der Waals surface area contributed by atoms with Crippen LogP contribution in [0.1, 0.15) is 39.0 Å². The highest BCUT2D eigenvalue weighted by molar-refractivity contribution is 5.97. The van der Waals surface area contributed by atoms with E-state index in [1.165, 1.54) is 4.90 Å². The molecule has 0 bridgehead atoms. The van der Waals surface area contributed by atoms with Gasteiger partial charge in [-0.3, -0.25) is 19.5 Å². The number of piperidine rings is 1. The van der Waals surface area contributed by atoms with E-state index < -0.39 is 0 Å². The van der Waals surface area contributed by atoms with Gasteiger partial charge in [-0.05, 0) is 26.2 Å². The minimum Gasteiger partial charge on any atom is -0.373 e. The maximum absolute atomic E-state index is 11.7. The van der Waals surface area contributed by atoms with Crippen molar-refractivity contribution in [2.24, 2.45) is 4.99 Å². The van der Waals surface area contributed by atoms with Gasteiger partial charge in [0.2, 0.25) is 11.8 Å². The molecule has 2 aliphatic rings. The second kappa shape index (κ2) is 7.58. The van der Waals surface area contributed by atoms with Crippen LogP contribution in [-0.2, 0) is 14.3 Å². The zero-order valence-corrected chi connectivity index (χ0v) is 13.5. The number of amides is 2. The molecule has 7 nitrogen and oxygen atoms in total. The van der Waals surface area contributed by atoms with E-state index in [0.29, 0.717) is 44.9 Å². The molecule has 0 aromatic heterocycles. The normalized spacial score (nSPS) is 26.5. The molecule has 0 aliphatic carbocycles. The Morgan fingerprint density at radius 3 is 2.59 bits per heavy atom. The summed E-state index contributed by atoms with van der Waals surface area (Å²) in [4.78, 5) is 28.9. The van der Waals surface area contributed by atoms with Crippen molar-refractivity contribution in [3.05, 3.63) is 0 Å². The van der Waals surface area contributed by atoms with Crippen LogP contribution in [0.3, 0.4) is 0 Å². The van der Waals surface area contributed by atoms with Gasteiger partial charge in [0.05, 0.1) is 5.60 Å². The number of imide groups is 1. The van der Waals surface area contributed by atoms with Crippen LogP contribution in [0.5, 0.6) is 0 Å². The first-order chi connectivity index (χ1) is 10.5. The van der Waals surface area contributed by atoms with Crippen molar-refractivity contribution in [2.45, 2.75) is 44.6 Å². The Morgan fingerprint density at radius 2 is 2.00 bits per heavy atom. The highest BCUT2D eigenvalue weighted by Gasteiger charge is 2.30. The van der Waals surface area contributed by atoms with E-state index in [0.717, 1.165) is 19.4 Å². The molecule has 0 saturated carbocycles. The number of carbonyl (C=O) groups excluding carboxylic acids is 2. The SMILES string of the molecule is CN=C(NCCN1C(=O)CCCC1=O)NCC1(C)CCCO1. The zero-order valence-electron chi connectivity index (χ0n) is 13.5. The van der Waals surface area contributed by atoms with Crippen molar-refractivity contribution < 1.29 is 14.3 Å². The molecule has 0 radical (unpaired) electrons. The van der Waals surface area contributed by atoms with Gasteiger partial charge in [0.15, 0.2) is 5.96 Å². The van der Waals surface area contributed by atoms with E-state index in [1.807, 2.05) is 0 Å². The topological polar surface area (TPSA) is 83.0 Å². The fraction of sp³-hybridized carbons (Fsp3) is 0.800. The minimum atomic E-state index is -0.142. The summed E-state index contributed by atoms with van der Waals surface area (Å²) in [6.07, 6.45) is 3.73. The Bertz CT molecular complexity index is 428. The standard InChI is InChI=1S/C15H26N4O3/c1-15(7-4-10-22-15)11-18-14(16-2)17-8-9-19-12(20)5-3-6-13(19)21/h3-11H2,1-2H3,(H2,16,17,18). The van der Waals surface area contributed by atoms with Crippen LogP contribution in [0, 0.1) is 0 Å². The molecule has 1 atom stereocenters. The quantitative estimate of drug-likeness (QED) is 0.432. The molecule has 0 aromatic rings. The third-order valence-corrected chi connectivity index (χ3v) is 4.17. The van der Waals surface area contributed by atoms with E-state index in [4.69, 9.17) is 4.74 Å². The lowest BCUT2D eigenvalue weighted by atomic mass is 10.0. The molecule has 22 heavy (non-hydrogen) atoms. The van der Waals surface area contributed by atoms with Crippen molar-refractivity contribution >= 4 is 17.8 Å². The number of nitrogens with zero attached hydrogens (tertiary/aromatic N) is 2. The molecule has 2 N–H and O–H groups in total. The van der Waals surface area contributed by atoms with Crippen molar-refractivity contribution in [1.82, 2.24) is 15.5 Å². The Balaban J connectivity index is 1.72. The summed E-state index contributed by atoms with van der Waals surface area (Å²) in [6.45, 7) is 4.46. The highest BCUT2D eigenvalue weighted by Crippen LogP contribution is 2.23. The number of likely N-dealkylation sites (tertiary alicyclic amines) is 1. The van der Waals surface area contributed by atoms with Crippen LogP contribution < -0.4 is 10.6 Å². The molecular formula is C15H26N4O3. The van der Waals surface area contributed by atoms with E-state index in [-0.39, 0.29) is 17.4 Å². The molecule has 2 fully saturated rings. The summed E-state index contributed by atoms with van der Waals surface area (Å²) in [5.41, 5.74) is -0.142. The molecule has 0 spiro atoms. The number of hydrogen-bond acceptors (Lipinski definition) is 4. The third-order valence-electron chi connectivity index (χ3n) is 4.17. The lowest BCUT2D eigenvalue weighted by Crippen LogP contribution is -2.49. The Morgan fingerprint density at radius 1 is 1.27 bits per heavy atom. The van der Waals surface area contributed by atoms with Crippen molar-refractivity contribution in [3.63, 3.8) is 0 Å². The number of ether oxygens (including phenoxy) is 1. The molecular weight excluding hydrogens is 284 g/mol. The maximum Gasteiger partial charge on any atom is 0.229 e. The molecule has 2 aliphatic heterocycles. The van der Waals surface area contributed by atoms with E-state index >= 15 is 0 Å². The first kappa shape index (κ1) is 16.7. The molecule has 7 heteroatoms. The van der Waals surface area contributed by atoms with Gasteiger partial charge < -0.3 is 15.4 Å². The molecule has 2 heterocycles.